The van der Waals surface area contributed by atoms with Crippen molar-refractivity contribution in [2.24, 2.45) is 11.3 Å². The van der Waals surface area contributed by atoms with Gasteiger partial charge in [-0.2, -0.15) is 0 Å². The molecule has 2 aliphatic rings. The van der Waals surface area contributed by atoms with Gasteiger partial charge >= 0.3 is 0 Å². The number of benzene rings is 1. The van der Waals surface area contributed by atoms with E-state index in [0.29, 0.717) is 5.41 Å². The molecule has 2 heterocycles. The van der Waals surface area contributed by atoms with E-state index in [1.165, 1.54) is 63.7 Å². The molecule has 1 aromatic rings. The Morgan fingerprint density at radius 1 is 1.12 bits per heavy atom. The zero-order valence-electron chi connectivity index (χ0n) is 15.9. The lowest BCUT2D eigenvalue weighted by Gasteiger charge is -2.51. The normalized spacial score (nSPS) is 28.8. The van der Waals surface area contributed by atoms with Crippen LogP contribution in [0.3, 0.4) is 0 Å². The maximum absolute atomic E-state index is 6.01. The van der Waals surface area contributed by atoms with Gasteiger partial charge in [0.15, 0.2) is 0 Å². The average Bonchev–Trinajstić information content (AvgIpc) is 2.60. The zero-order chi connectivity index (χ0) is 17.0. The highest BCUT2D eigenvalue weighted by Crippen LogP contribution is 2.50. The number of hydrogen-bond donors (Lipinski definition) is 0. The molecule has 0 bridgehead atoms. The van der Waals surface area contributed by atoms with Crippen molar-refractivity contribution in [2.75, 3.05) is 26.2 Å². The average molecular weight is 330 g/mol. The SMILES string of the molecule is CCC1(C2CCN(CCc3ccccc3)CC2)CCOC(C)(C)C1. The Kier molecular flexibility index (Phi) is 5.66. The van der Waals surface area contributed by atoms with Gasteiger partial charge in [-0.1, -0.05) is 43.7 Å². The summed E-state index contributed by atoms with van der Waals surface area (Å²) in [4.78, 5) is 2.68. The number of ether oxygens (including phenoxy) is 1. The molecule has 1 atom stereocenters. The standard InChI is InChI=1S/C22H35NO/c1-4-22(13-17-24-21(2,3)18-22)20-11-15-23(16-12-20)14-10-19-8-6-5-7-9-19/h5-9,20H,4,10-18H2,1-3H3. The molecule has 0 radical (unpaired) electrons. The number of likely N-dealkylation sites (tertiary alicyclic amines) is 1. The summed E-state index contributed by atoms with van der Waals surface area (Å²) in [7, 11) is 0. The van der Waals surface area contributed by atoms with Gasteiger partial charge in [-0.15, -0.1) is 0 Å². The molecular weight excluding hydrogens is 294 g/mol. The van der Waals surface area contributed by atoms with Crippen LogP contribution in [0.2, 0.25) is 0 Å². The molecule has 0 saturated carbocycles. The third kappa shape index (κ3) is 4.21. The highest BCUT2D eigenvalue weighted by atomic mass is 16.5. The van der Waals surface area contributed by atoms with Crippen LogP contribution in [0.5, 0.6) is 0 Å². The van der Waals surface area contributed by atoms with Gasteiger partial charge in [0.25, 0.3) is 0 Å². The fourth-order valence-corrected chi connectivity index (χ4v) is 5.16. The second kappa shape index (κ2) is 7.58. The second-order valence-corrected chi connectivity index (χ2v) is 8.60. The minimum atomic E-state index is 0.0682. The quantitative estimate of drug-likeness (QED) is 0.760. The first-order valence-corrected chi connectivity index (χ1v) is 9.93. The Hall–Kier alpha value is -0.860. The second-order valence-electron chi connectivity index (χ2n) is 8.60. The van der Waals surface area contributed by atoms with Crippen LogP contribution in [-0.2, 0) is 11.2 Å². The highest BCUT2D eigenvalue weighted by Gasteiger charge is 2.45. The molecule has 2 nitrogen and oxygen atoms in total. The number of hydrogen-bond acceptors (Lipinski definition) is 2. The molecule has 2 saturated heterocycles. The topological polar surface area (TPSA) is 12.5 Å². The van der Waals surface area contributed by atoms with Crippen LogP contribution in [0.4, 0.5) is 0 Å². The maximum Gasteiger partial charge on any atom is 0.0631 e. The van der Waals surface area contributed by atoms with Crippen LogP contribution < -0.4 is 0 Å². The monoisotopic (exact) mass is 329 g/mol. The van der Waals surface area contributed by atoms with Crippen LogP contribution in [0.25, 0.3) is 0 Å². The Morgan fingerprint density at radius 3 is 2.46 bits per heavy atom. The van der Waals surface area contributed by atoms with Crippen molar-refractivity contribution in [2.45, 2.75) is 64.9 Å². The first kappa shape index (κ1) is 17.9. The molecule has 2 aliphatic heterocycles. The minimum absolute atomic E-state index is 0.0682. The lowest BCUT2D eigenvalue weighted by Crippen LogP contribution is -2.48. The van der Waals surface area contributed by atoms with Gasteiger partial charge in [-0.3, -0.25) is 0 Å². The van der Waals surface area contributed by atoms with Crippen molar-refractivity contribution in [1.82, 2.24) is 4.90 Å². The van der Waals surface area contributed by atoms with E-state index in [2.05, 4.69) is 56.0 Å². The molecular formula is C22H35NO. The number of piperidine rings is 1. The molecule has 24 heavy (non-hydrogen) atoms. The summed E-state index contributed by atoms with van der Waals surface area (Å²) in [5, 5.41) is 0. The van der Waals surface area contributed by atoms with Crippen LogP contribution in [-0.4, -0.2) is 36.7 Å². The zero-order valence-corrected chi connectivity index (χ0v) is 15.9. The minimum Gasteiger partial charge on any atom is -0.376 e. The van der Waals surface area contributed by atoms with E-state index in [9.17, 15) is 0 Å². The van der Waals surface area contributed by atoms with Crippen LogP contribution >= 0.6 is 0 Å². The lowest BCUT2D eigenvalue weighted by molar-refractivity contribution is -0.130. The van der Waals surface area contributed by atoms with Crippen molar-refractivity contribution in [3.63, 3.8) is 0 Å². The summed E-state index contributed by atoms with van der Waals surface area (Å²) in [5.74, 6) is 0.888. The van der Waals surface area contributed by atoms with Crippen molar-refractivity contribution in [3.05, 3.63) is 35.9 Å². The Balaban J connectivity index is 1.52. The molecule has 2 fully saturated rings. The molecule has 0 aliphatic carbocycles. The third-order valence-corrected chi connectivity index (χ3v) is 6.59. The van der Waals surface area contributed by atoms with E-state index >= 15 is 0 Å². The molecule has 1 aromatic carbocycles. The maximum atomic E-state index is 6.01. The van der Waals surface area contributed by atoms with Crippen LogP contribution in [0.1, 0.15) is 58.4 Å². The van der Waals surface area contributed by atoms with Gasteiger partial charge in [0.2, 0.25) is 0 Å². The molecule has 3 rings (SSSR count). The predicted molar refractivity (Wildman–Crippen MR) is 101 cm³/mol. The van der Waals surface area contributed by atoms with Crippen molar-refractivity contribution < 1.29 is 4.74 Å². The Morgan fingerprint density at radius 2 is 1.83 bits per heavy atom. The summed E-state index contributed by atoms with van der Waals surface area (Å²) in [6, 6.07) is 10.9. The van der Waals surface area contributed by atoms with Crippen LogP contribution in [0, 0.1) is 11.3 Å². The van der Waals surface area contributed by atoms with E-state index in [1.54, 1.807) is 0 Å². The summed E-state index contributed by atoms with van der Waals surface area (Å²) >= 11 is 0. The fraction of sp³-hybridized carbons (Fsp3) is 0.727. The van der Waals surface area contributed by atoms with Crippen LogP contribution in [0.15, 0.2) is 30.3 Å². The Bertz CT molecular complexity index is 504. The molecule has 2 heteroatoms. The first-order chi connectivity index (χ1) is 11.5. The van der Waals surface area contributed by atoms with Crippen molar-refractivity contribution in [3.8, 4) is 0 Å². The molecule has 0 aromatic heterocycles. The first-order valence-electron chi connectivity index (χ1n) is 9.93. The summed E-state index contributed by atoms with van der Waals surface area (Å²) in [6.07, 6.45) is 7.75. The van der Waals surface area contributed by atoms with E-state index < -0.39 is 0 Å². The van der Waals surface area contributed by atoms with E-state index in [0.717, 1.165) is 12.5 Å². The summed E-state index contributed by atoms with van der Waals surface area (Å²) in [6.45, 7) is 11.7. The fourth-order valence-electron chi connectivity index (χ4n) is 5.16. The van der Waals surface area contributed by atoms with Crippen molar-refractivity contribution in [1.29, 1.82) is 0 Å². The van der Waals surface area contributed by atoms with Gasteiger partial charge in [0.05, 0.1) is 5.60 Å². The lowest BCUT2D eigenvalue weighted by atomic mass is 9.61. The van der Waals surface area contributed by atoms with E-state index in [4.69, 9.17) is 4.74 Å². The van der Waals surface area contributed by atoms with Crippen molar-refractivity contribution >= 4 is 0 Å². The Labute approximate surface area is 148 Å². The van der Waals surface area contributed by atoms with E-state index in [1.807, 2.05) is 0 Å². The molecule has 1 unspecified atom stereocenters. The molecule has 0 N–H and O–H groups in total. The largest absolute Gasteiger partial charge is 0.376 e. The summed E-state index contributed by atoms with van der Waals surface area (Å²) < 4.78 is 6.01. The van der Waals surface area contributed by atoms with Gasteiger partial charge in [0, 0.05) is 13.2 Å². The molecule has 134 valence electrons. The summed E-state index contributed by atoms with van der Waals surface area (Å²) in [5.41, 5.74) is 2.06. The highest BCUT2D eigenvalue weighted by molar-refractivity contribution is 5.14. The smallest absolute Gasteiger partial charge is 0.0631 e. The number of nitrogens with zero attached hydrogens (tertiary/aromatic N) is 1. The molecule has 0 spiro atoms. The molecule has 0 amide bonds. The van der Waals surface area contributed by atoms with Gasteiger partial charge in [-0.25, -0.2) is 0 Å². The predicted octanol–water partition coefficient (Wildman–Crippen LogP) is 4.93. The van der Waals surface area contributed by atoms with Gasteiger partial charge in [0.1, 0.15) is 0 Å². The number of rotatable bonds is 5. The van der Waals surface area contributed by atoms with E-state index in [-0.39, 0.29) is 5.60 Å². The van der Waals surface area contributed by atoms with Gasteiger partial charge in [-0.05, 0) is 75.9 Å². The van der Waals surface area contributed by atoms with Gasteiger partial charge < -0.3 is 9.64 Å². The third-order valence-electron chi connectivity index (χ3n) is 6.59.